The summed E-state index contributed by atoms with van der Waals surface area (Å²) >= 11 is 5.84. The van der Waals surface area contributed by atoms with Crippen LogP contribution in [0, 0.1) is 0 Å². The van der Waals surface area contributed by atoms with Gasteiger partial charge in [-0.2, -0.15) is 0 Å². The molecule has 0 atom stereocenters. The van der Waals surface area contributed by atoms with E-state index in [0.29, 0.717) is 17.7 Å². The molecule has 0 radical (unpaired) electrons. The molecule has 0 saturated carbocycles. The van der Waals surface area contributed by atoms with Crippen LogP contribution in [0.1, 0.15) is 30.1 Å². The van der Waals surface area contributed by atoms with Gasteiger partial charge in [0.25, 0.3) is 0 Å². The Bertz CT molecular complexity index is 558. The van der Waals surface area contributed by atoms with Crippen molar-refractivity contribution in [2.75, 3.05) is 6.61 Å². The summed E-state index contributed by atoms with van der Waals surface area (Å²) in [6.45, 7) is 3.89. The van der Waals surface area contributed by atoms with Crippen LogP contribution >= 0.6 is 11.6 Å². The van der Waals surface area contributed by atoms with Crippen molar-refractivity contribution in [2.45, 2.75) is 20.3 Å². The van der Waals surface area contributed by atoms with Gasteiger partial charge in [0.15, 0.2) is 0 Å². The molecule has 0 aliphatic heterocycles. The highest BCUT2D eigenvalue weighted by atomic mass is 35.5. The molecule has 2 aromatic rings. The minimum absolute atomic E-state index is 0.117. The minimum atomic E-state index is -0.521. The second-order valence-electron chi connectivity index (χ2n) is 3.48. The van der Waals surface area contributed by atoms with Crippen molar-refractivity contribution in [3.05, 3.63) is 29.0 Å². The summed E-state index contributed by atoms with van der Waals surface area (Å²) in [5.41, 5.74) is 1.06. The van der Waals surface area contributed by atoms with Crippen LogP contribution in [-0.4, -0.2) is 17.6 Å². The van der Waals surface area contributed by atoms with Gasteiger partial charge < -0.3 is 13.6 Å². The Balaban J connectivity index is 2.41. The van der Waals surface area contributed by atoms with Crippen LogP contribution < -0.4 is 0 Å². The Kier molecular flexibility index (Phi) is 3.72. The first-order valence-corrected chi connectivity index (χ1v) is 5.95. The van der Waals surface area contributed by atoms with Gasteiger partial charge >= 0.3 is 5.97 Å². The molecule has 0 fully saturated rings. The summed E-state index contributed by atoms with van der Waals surface area (Å²) in [4.78, 5) is 15.9. The molecule has 0 aliphatic carbocycles. The molecule has 2 rings (SSSR count). The number of carbonyl (C=O) groups excluding carboxylic acids is 1. The summed E-state index contributed by atoms with van der Waals surface area (Å²) in [7, 11) is 0. The highest BCUT2D eigenvalue weighted by Gasteiger charge is 2.22. The molecule has 0 aliphatic rings. The molecule has 18 heavy (non-hydrogen) atoms. The number of hydrogen-bond acceptors (Lipinski definition) is 5. The average molecular weight is 270 g/mol. The quantitative estimate of drug-likeness (QED) is 0.797. The number of carbonyl (C=O) groups is 1. The van der Waals surface area contributed by atoms with Gasteiger partial charge in [-0.3, -0.25) is 0 Å². The number of aromatic nitrogens is 1. The maximum absolute atomic E-state index is 11.7. The van der Waals surface area contributed by atoms with E-state index in [4.69, 9.17) is 25.2 Å². The SMILES string of the molecule is CCOC(=O)c1oc(-c2ccoc2Cl)nc1CC. The average Bonchev–Trinajstić information content (AvgIpc) is 2.94. The fourth-order valence-corrected chi connectivity index (χ4v) is 1.70. The van der Waals surface area contributed by atoms with Crippen LogP contribution in [0.4, 0.5) is 0 Å². The van der Waals surface area contributed by atoms with Crippen LogP contribution in [0.25, 0.3) is 11.5 Å². The van der Waals surface area contributed by atoms with E-state index in [1.807, 2.05) is 6.92 Å². The van der Waals surface area contributed by atoms with Crippen LogP contribution in [-0.2, 0) is 11.2 Å². The minimum Gasteiger partial charge on any atom is -0.460 e. The first-order valence-electron chi connectivity index (χ1n) is 5.57. The molecule has 96 valence electrons. The van der Waals surface area contributed by atoms with E-state index in [1.165, 1.54) is 6.26 Å². The fourth-order valence-electron chi connectivity index (χ4n) is 1.51. The van der Waals surface area contributed by atoms with E-state index in [0.717, 1.165) is 0 Å². The number of rotatable bonds is 4. The Morgan fingerprint density at radius 3 is 2.83 bits per heavy atom. The first kappa shape index (κ1) is 12.7. The summed E-state index contributed by atoms with van der Waals surface area (Å²) in [6.07, 6.45) is 1.99. The molecule has 0 unspecified atom stereocenters. The van der Waals surface area contributed by atoms with Gasteiger partial charge in [0.1, 0.15) is 0 Å². The number of ether oxygens (including phenoxy) is 1. The van der Waals surface area contributed by atoms with Crippen LogP contribution in [0.5, 0.6) is 0 Å². The maximum atomic E-state index is 11.7. The molecular weight excluding hydrogens is 258 g/mol. The van der Waals surface area contributed by atoms with Crippen molar-refractivity contribution in [1.29, 1.82) is 0 Å². The summed E-state index contributed by atoms with van der Waals surface area (Å²) in [6, 6.07) is 1.63. The number of furan rings is 1. The summed E-state index contributed by atoms with van der Waals surface area (Å²) in [5.74, 6) is -0.145. The van der Waals surface area contributed by atoms with Gasteiger partial charge in [-0.1, -0.05) is 6.92 Å². The van der Waals surface area contributed by atoms with E-state index >= 15 is 0 Å². The monoisotopic (exact) mass is 269 g/mol. The standard InChI is InChI=1S/C12H12ClNO4/c1-3-8-9(12(15)16-4-2)18-11(14-8)7-5-6-17-10(7)13/h5-6H,3-4H2,1-2H3. The highest BCUT2D eigenvalue weighted by Crippen LogP contribution is 2.30. The molecular formula is C12H12ClNO4. The smallest absolute Gasteiger partial charge is 0.376 e. The zero-order chi connectivity index (χ0) is 13.1. The lowest BCUT2D eigenvalue weighted by Crippen LogP contribution is -2.05. The Morgan fingerprint density at radius 1 is 1.50 bits per heavy atom. The molecule has 0 N–H and O–H groups in total. The second-order valence-corrected chi connectivity index (χ2v) is 3.82. The van der Waals surface area contributed by atoms with Crippen molar-refractivity contribution >= 4 is 17.6 Å². The Labute approximate surface area is 109 Å². The molecule has 2 heterocycles. The van der Waals surface area contributed by atoms with Gasteiger partial charge in [0.2, 0.25) is 16.9 Å². The summed E-state index contributed by atoms with van der Waals surface area (Å²) < 4.78 is 15.3. The number of nitrogens with zero attached hydrogens (tertiary/aromatic N) is 1. The number of oxazole rings is 1. The second kappa shape index (κ2) is 5.27. The predicted molar refractivity (Wildman–Crippen MR) is 64.5 cm³/mol. The normalized spacial score (nSPS) is 10.6. The molecule has 0 amide bonds. The van der Waals surface area contributed by atoms with E-state index in [-0.39, 0.29) is 23.5 Å². The van der Waals surface area contributed by atoms with E-state index < -0.39 is 5.97 Å². The molecule has 0 saturated heterocycles. The third-order valence-electron chi connectivity index (χ3n) is 2.34. The lowest BCUT2D eigenvalue weighted by Gasteiger charge is -1.98. The van der Waals surface area contributed by atoms with Gasteiger partial charge in [0.05, 0.1) is 24.1 Å². The van der Waals surface area contributed by atoms with E-state index in [2.05, 4.69) is 4.98 Å². The van der Waals surface area contributed by atoms with Gasteiger partial charge in [-0.25, -0.2) is 9.78 Å². The van der Waals surface area contributed by atoms with Crippen molar-refractivity contribution in [3.8, 4) is 11.5 Å². The number of halogens is 1. The lowest BCUT2D eigenvalue weighted by molar-refractivity contribution is 0.0489. The maximum Gasteiger partial charge on any atom is 0.376 e. The van der Waals surface area contributed by atoms with E-state index in [9.17, 15) is 4.79 Å². The highest BCUT2D eigenvalue weighted by molar-refractivity contribution is 6.31. The fraction of sp³-hybridized carbons (Fsp3) is 0.333. The van der Waals surface area contributed by atoms with Crippen molar-refractivity contribution in [1.82, 2.24) is 4.98 Å². The Morgan fingerprint density at radius 2 is 2.28 bits per heavy atom. The molecule has 0 aromatic carbocycles. The van der Waals surface area contributed by atoms with Gasteiger partial charge in [-0.15, -0.1) is 0 Å². The van der Waals surface area contributed by atoms with Crippen molar-refractivity contribution in [2.24, 2.45) is 0 Å². The van der Waals surface area contributed by atoms with Crippen molar-refractivity contribution in [3.63, 3.8) is 0 Å². The topological polar surface area (TPSA) is 65.5 Å². The largest absolute Gasteiger partial charge is 0.460 e. The number of esters is 1. The van der Waals surface area contributed by atoms with Gasteiger partial charge in [-0.05, 0) is 31.0 Å². The van der Waals surface area contributed by atoms with Gasteiger partial charge in [0, 0.05) is 0 Å². The van der Waals surface area contributed by atoms with E-state index in [1.54, 1.807) is 13.0 Å². The van der Waals surface area contributed by atoms with Crippen LogP contribution in [0.2, 0.25) is 5.22 Å². The predicted octanol–water partition coefficient (Wildman–Crippen LogP) is 3.33. The van der Waals surface area contributed by atoms with Crippen LogP contribution in [0.15, 0.2) is 21.2 Å². The molecule has 0 spiro atoms. The lowest BCUT2D eigenvalue weighted by atomic mass is 10.3. The molecule has 0 bridgehead atoms. The molecule has 2 aromatic heterocycles. The molecule has 5 nitrogen and oxygen atoms in total. The number of aryl methyl sites for hydroxylation is 1. The zero-order valence-electron chi connectivity index (χ0n) is 10.0. The van der Waals surface area contributed by atoms with Crippen LogP contribution in [0.3, 0.4) is 0 Å². The Hall–Kier alpha value is -1.75. The molecule has 6 heteroatoms. The third kappa shape index (κ3) is 2.26. The van der Waals surface area contributed by atoms with Crippen molar-refractivity contribution < 1.29 is 18.4 Å². The first-order chi connectivity index (χ1) is 8.67. The third-order valence-corrected chi connectivity index (χ3v) is 2.63. The number of hydrogen-bond donors (Lipinski definition) is 0. The zero-order valence-corrected chi connectivity index (χ0v) is 10.8. The summed E-state index contributed by atoms with van der Waals surface area (Å²) in [5, 5.41) is 0.175.